The van der Waals surface area contributed by atoms with Gasteiger partial charge in [0.2, 0.25) is 0 Å². The van der Waals surface area contributed by atoms with E-state index in [-0.39, 0.29) is 23.5 Å². The van der Waals surface area contributed by atoms with Gasteiger partial charge in [0.25, 0.3) is 0 Å². The Morgan fingerprint density at radius 3 is 2.65 bits per heavy atom. The lowest BCUT2D eigenvalue weighted by molar-refractivity contribution is 0.0317. The molecule has 0 aromatic carbocycles. The van der Waals surface area contributed by atoms with Gasteiger partial charge >= 0.3 is 0 Å². The van der Waals surface area contributed by atoms with Crippen LogP contribution in [0.4, 0.5) is 0 Å². The first kappa shape index (κ1) is 17.2. The van der Waals surface area contributed by atoms with E-state index in [1.54, 1.807) is 0 Å². The molecule has 2 aliphatic carbocycles. The Kier molecular flexibility index (Phi) is 4.27. The summed E-state index contributed by atoms with van der Waals surface area (Å²) >= 11 is 0. The number of fused-ring (bicyclic) bond motifs is 2. The summed E-state index contributed by atoms with van der Waals surface area (Å²) in [4.78, 5) is 0. The lowest BCUT2D eigenvalue weighted by Gasteiger charge is -2.30. The molecule has 3 rings (SSSR count). The fraction of sp³-hybridized carbons (Fsp3) is 0.800. The normalized spacial score (nSPS) is 47.6. The zero-order valence-corrected chi connectivity index (χ0v) is 15.0. The molecule has 0 bridgehead atoms. The van der Waals surface area contributed by atoms with E-state index in [2.05, 4.69) is 33.4 Å². The van der Waals surface area contributed by atoms with Gasteiger partial charge in [0, 0.05) is 12.3 Å². The molecule has 1 heterocycles. The average molecular weight is 320 g/mol. The average Bonchev–Trinajstić information content (AvgIpc) is 2.96. The molecule has 0 aromatic heterocycles. The van der Waals surface area contributed by atoms with Crippen LogP contribution in [0, 0.1) is 17.8 Å². The molecule has 1 aliphatic heterocycles. The number of hydrogen-bond acceptors (Lipinski definition) is 3. The highest BCUT2D eigenvalue weighted by Crippen LogP contribution is 2.50. The van der Waals surface area contributed by atoms with Crippen molar-refractivity contribution in [2.75, 3.05) is 0 Å². The molecule has 0 spiro atoms. The van der Waals surface area contributed by atoms with Gasteiger partial charge in [-0.1, -0.05) is 32.1 Å². The summed E-state index contributed by atoms with van der Waals surface area (Å²) in [5.74, 6) is 0.635. The van der Waals surface area contributed by atoms with E-state index in [4.69, 9.17) is 4.74 Å². The largest absolute Gasteiger partial charge is 0.390 e. The van der Waals surface area contributed by atoms with Crippen LogP contribution in [-0.2, 0) is 4.74 Å². The summed E-state index contributed by atoms with van der Waals surface area (Å²) in [5.41, 5.74) is 1.38. The molecule has 1 saturated heterocycles. The smallest absolute Gasteiger partial charge is 0.0948 e. The Labute approximate surface area is 140 Å². The molecule has 130 valence electrons. The summed E-state index contributed by atoms with van der Waals surface area (Å²) in [6, 6.07) is 0. The van der Waals surface area contributed by atoms with Crippen LogP contribution < -0.4 is 0 Å². The molecule has 2 N–H and O–H groups in total. The minimum atomic E-state index is -0.704. The van der Waals surface area contributed by atoms with Gasteiger partial charge in [0.15, 0.2) is 0 Å². The van der Waals surface area contributed by atoms with Crippen LogP contribution in [0.2, 0.25) is 0 Å². The third kappa shape index (κ3) is 3.16. The predicted molar refractivity (Wildman–Crippen MR) is 92.0 cm³/mol. The highest BCUT2D eigenvalue weighted by Gasteiger charge is 2.54. The summed E-state index contributed by atoms with van der Waals surface area (Å²) in [5, 5.41) is 21.7. The Hall–Kier alpha value is -0.640. The second-order valence-corrected chi connectivity index (χ2v) is 8.69. The van der Waals surface area contributed by atoms with E-state index in [0.717, 1.165) is 31.3 Å². The Bertz CT molecular complexity index is 519. The summed E-state index contributed by atoms with van der Waals surface area (Å²) < 4.78 is 5.90. The molecular formula is C20H32O3. The zero-order valence-electron chi connectivity index (χ0n) is 15.0. The number of epoxide rings is 1. The second kappa shape index (κ2) is 5.72. The van der Waals surface area contributed by atoms with Crippen molar-refractivity contribution < 1.29 is 14.9 Å². The van der Waals surface area contributed by atoms with Crippen molar-refractivity contribution in [2.45, 2.75) is 83.2 Å². The van der Waals surface area contributed by atoms with Crippen molar-refractivity contribution in [1.82, 2.24) is 0 Å². The van der Waals surface area contributed by atoms with Gasteiger partial charge in [-0.05, 0) is 56.9 Å². The number of aliphatic hydroxyl groups is 2. The number of aliphatic hydroxyl groups excluding tert-OH is 1. The maximum absolute atomic E-state index is 10.9. The number of ether oxygens (including phenoxy) is 1. The minimum Gasteiger partial charge on any atom is -0.390 e. The zero-order chi connectivity index (χ0) is 17.0. The first-order valence-electron chi connectivity index (χ1n) is 9.11. The van der Waals surface area contributed by atoms with Crippen molar-refractivity contribution in [2.24, 2.45) is 17.8 Å². The van der Waals surface area contributed by atoms with Crippen LogP contribution in [0.1, 0.15) is 59.8 Å². The Morgan fingerprint density at radius 1 is 1.30 bits per heavy atom. The third-order valence-electron chi connectivity index (χ3n) is 6.42. The highest BCUT2D eigenvalue weighted by atomic mass is 16.6. The van der Waals surface area contributed by atoms with E-state index >= 15 is 0 Å². The maximum atomic E-state index is 10.9. The van der Waals surface area contributed by atoms with Gasteiger partial charge in [-0.25, -0.2) is 0 Å². The third-order valence-corrected chi connectivity index (χ3v) is 6.42. The van der Waals surface area contributed by atoms with Crippen LogP contribution in [0.25, 0.3) is 0 Å². The molecule has 0 amide bonds. The molecular weight excluding hydrogens is 288 g/mol. The standard InChI is InChI=1S/C20H32O3/c1-12(2)15-10-16-14(8-9-19(16,4)22)13(3)6-7-18-20(5,23-18)11-17(15)21/h10,12,14,16-18,21-22H,3,6-9,11H2,1-2,4-5H3/t14-,16-,17-,18-,19-,20+/m0/s1. The van der Waals surface area contributed by atoms with Gasteiger partial charge in [-0.3, -0.25) is 0 Å². The number of rotatable bonds is 1. The van der Waals surface area contributed by atoms with Gasteiger partial charge in [0.05, 0.1) is 23.4 Å². The van der Waals surface area contributed by atoms with Gasteiger partial charge in [-0.2, -0.15) is 0 Å². The number of hydrogen-bond donors (Lipinski definition) is 2. The van der Waals surface area contributed by atoms with Crippen molar-refractivity contribution in [3.05, 3.63) is 23.8 Å². The fourth-order valence-electron chi connectivity index (χ4n) is 4.72. The molecule has 0 unspecified atom stereocenters. The molecule has 3 aliphatic rings. The summed E-state index contributed by atoms with van der Waals surface area (Å²) in [6.07, 6.45) is 6.28. The minimum absolute atomic E-state index is 0.0604. The van der Waals surface area contributed by atoms with Crippen molar-refractivity contribution in [3.8, 4) is 0 Å². The first-order valence-corrected chi connectivity index (χ1v) is 9.11. The molecule has 0 radical (unpaired) electrons. The monoisotopic (exact) mass is 320 g/mol. The van der Waals surface area contributed by atoms with Gasteiger partial charge in [0.1, 0.15) is 0 Å². The van der Waals surface area contributed by atoms with Crippen molar-refractivity contribution in [1.29, 1.82) is 0 Å². The molecule has 3 heteroatoms. The molecule has 0 aromatic rings. The Balaban J connectivity index is 1.98. The first-order chi connectivity index (χ1) is 10.6. The highest BCUT2D eigenvalue weighted by molar-refractivity contribution is 5.24. The van der Waals surface area contributed by atoms with Gasteiger partial charge in [-0.15, -0.1) is 0 Å². The lowest BCUT2D eigenvalue weighted by atomic mass is 9.79. The van der Waals surface area contributed by atoms with Crippen molar-refractivity contribution in [3.63, 3.8) is 0 Å². The summed E-state index contributed by atoms with van der Waals surface area (Å²) in [6.45, 7) is 12.6. The van der Waals surface area contributed by atoms with E-state index in [0.29, 0.717) is 12.3 Å². The maximum Gasteiger partial charge on any atom is 0.0948 e. The molecule has 6 atom stereocenters. The molecule has 23 heavy (non-hydrogen) atoms. The lowest BCUT2D eigenvalue weighted by Crippen LogP contribution is -2.32. The van der Waals surface area contributed by atoms with Crippen LogP contribution in [-0.4, -0.2) is 33.6 Å². The van der Waals surface area contributed by atoms with Crippen LogP contribution in [0.15, 0.2) is 23.8 Å². The quantitative estimate of drug-likeness (QED) is 0.573. The van der Waals surface area contributed by atoms with E-state index in [1.165, 1.54) is 5.57 Å². The SMILES string of the molecule is C=C1CC[C@@H]2O[C@]2(C)C[C@H](O)C(C(C)C)=C[C@H]2[C@H]1CC[C@]2(C)O. The summed E-state index contributed by atoms with van der Waals surface area (Å²) in [7, 11) is 0. The second-order valence-electron chi connectivity index (χ2n) is 8.69. The van der Waals surface area contributed by atoms with E-state index in [1.807, 2.05) is 6.92 Å². The van der Waals surface area contributed by atoms with Gasteiger partial charge < -0.3 is 14.9 Å². The van der Waals surface area contributed by atoms with Crippen molar-refractivity contribution >= 4 is 0 Å². The predicted octanol–water partition coefficient (Wildman–Crippen LogP) is 3.60. The van der Waals surface area contributed by atoms with Crippen LogP contribution in [0.5, 0.6) is 0 Å². The van der Waals surface area contributed by atoms with Crippen LogP contribution >= 0.6 is 0 Å². The fourth-order valence-corrected chi connectivity index (χ4v) is 4.72. The van der Waals surface area contributed by atoms with Crippen LogP contribution in [0.3, 0.4) is 0 Å². The Morgan fingerprint density at radius 2 is 2.00 bits per heavy atom. The topological polar surface area (TPSA) is 53.0 Å². The number of allylic oxidation sites excluding steroid dienone is 1. The molecule has 3 nitrogen and oxygen atoms in total. The van der Waals surface area contributed by atoms with E-state index in [9.17, 15) is 10.2 Å². The molecule has 1 saturated carbocycles. The molecule has 2 fully saturated rings. The van der Waals surface area contributed by atoms with E-state index < -0.39 is 11.7 Å².